The minimum Gasteiger partial charge on any atom is -0.495 e. The highest BCUT2D eigenvalue weighted by molar-refractivity contribution is 6.32. The number of benzene rings is 1. The predicted octanol–water partition coefficient (Wildman–Crippen LogP) is 2.81. The number of nitrogens with zero attached hydrogens (tertiary/aromatic N) is 1. The van der Waals surface area contributed by atoms with Crippen LogP contribution in [0, 0.1) is 0 Å². The van der Waals surface area contributed by atoms with Crippen molar-refractivity contribution in [1.29, 1.82) is 0 Å². The SMILES string of the molecule is CN=C(NCc1ccc(OC)c(Cl)c1)NCc1ccco1. The van der Waals surface area contributed by atoms with E-state index in [1.807, 2.05) is 30.3 Å². The number of halogens is 1. The van der Waals surface area contributed by atoms with Crippen LogP contribution in [0.3, 0.4) is 0 Å². The zero-order valence-electron chi connectivity index (χ0n) is 12.0. The van der Waals surface area contributed by atoms with E-state index >= 15 is 0 Å². The summed E-state index contributed by atoms with van der Waals surface area (Å²) in [5.74, 6) is 2.21. The van der Waals surface area contributed by atoms with Crippen molar-refractivity contribution in [3.05, 3.63) is 52.9 Å². The van der Waals surface area contributed by atoms with E-state index in [0.717, 1.165) is 11.3 Å². The second kappa shape index (κ2) is 7.59. The van der Waals surface area contributed by atoms with Crippen LogP contribution in [-0.4, -0.2) is 20.1 Å². The van der Waals surface area contributed by atoms with Crippen molar-refractivity contribution in [3.63, 3.8) is 0 Å². The minimum atomic E-state index is 0.579. The molecule has 2 N–H and O–H groups in total. The molecule has 0 bridgehead atoms. The first kappa shape index (κ1) is 15.3. The third-order valence-corrected chi connectivity index (χ3v) is 3.21. The molecule has 2 aromatic rings. The summed E-state index contributed by atoms with van der Waals surface area (Å²) in [6, 6.07) is 9.43. The Morgan fingerprint density at radius 2 is 2.10 bits per heavy atom. The van der Waals surface area contributed by atoms with Gasteiger partial charge in [-0.2, -0.15) is 0 Å². The average molecular weight is 308 g/mol. The summed E-state index contributed by atoms with van der Waals surface area (Å²) in [5, 5.41) is 6.97. The molecule has 2 rings (SSSR count). The highest BCUT2D eigenvalue weighted by atomic mass is 35.5. The maximum atomic E-state index is 6.10. The van der Waals surface area contributed by atoms with Crippen molar-refractivity contribution in [2.75, 3.05) is 14.2 Å². The fourth-order valence-corrected chi connectivity index (χ4v) is 2.09. The molecule has 0 spiro atoms. The standard InChI is InChI=1S/C15H18ClN3O2/c1-17-15(19-10-12-4-3-7-21-12)18-9-11-5-6-14(20-2)13(16)8-11/h3-8H,9-10H2,1-2H3,(H2,17,18,19). The van der Waals surface area contributed by atoms with Gasteiger partial charge in [-0.05, 0) is 29.8 Å². The first-order chi connectivity index (χ1) is 10.2. The van der Waals surface area contributed by atoms with Crippen molar-refractivity contribution >= 4 is 17.6 Å². The number of nitrogens with one attached hydrogen (secondary N) is 2. The molecule has 1 aromatic heterocycles. The molecule has 0 atom stereocenters. The van der Waals surface area contributed by atoms with Gasteiger partial charge in [0, 0.05) is 13.6 Å². The van der Waals surface area contributed by atoms with Crippen molar-refractivity contribution in [1.82, 2.24) is 10.6 Å². The smallest absolute Gasteiger partial charge is 0.191 e. The normalized spacial score (nSPS) is 11.3. The van der Waals surface area contributed by atoms with Gasteiger partial charge in [0.05, 0.1) is 24.9 Å². The molecule has 5 nitrogen and oxygen atoms in total. The third-order valence-electron chi connectivity index (χ3n) is 2.91. The Kier molecular flexibility index (Phi) is 5.51. The van der Waals surface area contributed by atoms with Gasteiger partial charge in [-0.15, -0.1) is 0 Å². The minimum absolute atomic E-state index is 0.579. The van der Waals surface area contributed by atoms with Gasteiger partial charge in [0.25, 0.3) is 0 Å². The molecule has 0 aliphatic carbocycles. The Morgan fingerprint density at radius 3 is 2.71 bits per heavy atom. The molecular weight excluding hydrogens is 290 g/mol. The van der Waals surface area contributed by atoms with Crippen LogP contribution in [0.1, 0.15) is 11.3 Å². The van der Waals surface area contributed by atoms with E-state index in [-0.39, 0.29) is 0 Å². The first-order valence-electron chi connectivity index (χ1n) is 6.52. The fourth-order valence-electron chi connectivity index (χ4n) is 1.81. The molecule has 0 radical (unpaired) electrons. The summed E-state index contributed by atoms with van der Waals surface area (Å²) < 4.78 is 10.4. The van der Waals surface area contributed by atoms with Crippen molar-refractivity contribution in [3.8, 4) is 5.75 Å². The van der Waals surface area contributed by atoms with E-state index in [2.05, 4.69) is 15.6 Å². The van der Waals surface area contributed by atoms with Crippen LogP contribution < -0.4 is 15.4 Å². The Hall–Kier alpha value is -2.14. The first-order valence-corrected chi connectivity index (χ1v) is 6.90. The summed E-state index contributed by atoms with van der Waals surface area (Å²) >= 11 is 6.10. The molecule has 21 heavy (non-hydrogen) atoms. The van der Waals surface area contributed by atoms with Crippen LogP contribution in [0.25, 0.3) is 0 Å². The molecular formula is C15H18ClN3O2. The van der Waals surface area contributed by atoms with Gasteiger partial charge in [-0.3, -0.25) is 4.99 Å². The number of rotatable bonds is 5. The van der Waals surface area contributed by atoms with E-state index < -0.39 is 0 Å². The monoisotopic (exact) mass is 307 g/mol. The topological polar surface area (TPSA) is 58.8 Å². The number of furan rings is 1. The number of methoxy groups -OCH3 is 1. The van der Waals surface area contributed by atoms with Crippen LogP contribution in [0.4, 0.5) is 0 Å². The molecule has 0 unspecified atom stereocenters. The van der Waals surface area contributed by atoms with Crippen LogP contribution in [0.2, 0.25) is 5.02 Å². The van der Waals surface area contributed by atoms with Gasteiger partial charge in [0.15, 0.2) is 5.96 Å². The van der Waals surface area contributed by atoms with Gasteiger partial charge in [0.2, 0.25) is 0 Å². The molecule has 0 fully saturated rings. The number of guanidine groups is 1. The number of aliphatic imine (C=N–C) groups is 1. The molecule has 1 heterocycles. The highest BCUT2D eigenvalue weighted by Crippen LogP contribution is 2.24. The van der Waals surface area contributed by atoms with E-state index in [1.54, 1.807) is 20.4 Å². The van der Waals surface area contributed by atoms with Crippen LogP contribution in [0.5, 0.6) is 5.75 Å². The van der Waals surface area contributed by atoms with Gasteiger partial charge in [0.1, 0.15) is 11.5 Å². The summed E-state index contributed by atoms with van der Waals surface area (Å²) in [5.41, 5.74) is 1.04. The van der Waals surface area contributed by atoms with E-state index in [0.29, 0.717) is 29.8 Å². The van der Waals surface area contributed by atoms with Crippen LogP contribution in [0.15, 0.2) is 46.0 Å². The predicted molar refractivity (Wildman–Crippen MR) is 83.8 cm³/mol. The Balaban J connectivity index is 1.86. The highest BCUT2D eigenvalue weighted by Gasteiger charge is 2.03. The maximum Gasteiger partial charge on any atom is 0.191 e. The summed E-state index contributed by atoms with van der Waals surface area (Å²) in [7, 11) is 3.32. The third kappa shape index (κ3) is 4.43. The molecule has 1 aromatic carbocycles. The quantitative estimate of drug-likeness (QED) is 0.659. The van der Waals surface area contributed by atoms with E-state index in [9.17, 15) is 0 Å². The van der Waals surface area contributed by atoms with Gasteiger partial charge >= 0.3 is 0 Å². The van der Waals surface area contributed by atoms with Gasteiger partial charge in [-0.1, -0.05) is 17.7 Å². The fraction of sp³-hybridized carbons (Fsp3) is 0.267. The van der Waals surface area contributed by atoms with Crippen molar-refractivity contribution in [2.45, 2.75) is 13.1 Å². The van der Waals surface area contributed by atoms with E-state index in [4.69, 9.17) is 20.8 Å². The number of ether oxygens (including phenoxy) is 1. The van der Waals surface area contributed by atoms with Crippen molar-refractivity contribution in [2.24, 2.45) is 4.99 Å². The summed E-state index contributed by atoms with van der Waals surface area (Å²) in [6.45, 7) is 1.19. The number of hydrogen-bond donors (Lipinski definition) is 2. The Labute approximate surface area is 129 Å². The second-order valence-corrected chi connectivity index (χ2v) is 4.73. The van der Waals surface area contributed by atoms with Crippen molar-refractivity contribution < 1.29 is 9.15 Å². The zero-order chi connectivity index (χ0) is 15.1. The second-order valence-electron chi connectivity index (χ2n) is 4.33. The Morgan fingerprint density at radius 1 is 1.29 bits per heavy atom. The van der Waals surface area contributed by atoms with E-state index in [1.165, 1.54) is 0 Å². The molecule has 112 valence electrons. The molecule has 0 amide bonds. The van der Waals surface area contributed by atoms with Gasteiger partial charge in [-0.25, -0.2) is 0 Å². The lowest BCUT2D eigenvalue weighted by Crippen LogP contribution is -2.36. The molecule has 0 saturated heterocycles. The Bertz CT molecular complexity index is 597. The molecule has 0 saturated carbocycles. The maximum absolute atomic E-state index is 6.10. The lowest BCUT2D eigenvalue weighted by molar-refractivity contribution is 0.415. The van der Waals surface area contributed by atoms with Crippen LogP contribution in [-0.2, 0) is 13.1 Å². The number of hydrogen-bond acceptors (Lipinski definition) is 3. The lowest BCUT2D eigenvalue weighted by atomic mass is 10.2. The molecule has 0 aliphatic heterocycles. The van der Waals surface area contributed by atoms with Crippen LogP contribution >= 0.6 is 11.6 Å². The average Bonchev–Trinajstić information content (AvgIpc) is 3.01. The van der Waals surface area contributed by atoms with Gasteiger partial charge < -0.3 is 19.8 Å². The largest absolute Gasteiger partial charge is 0.495 e. The summed E-state index contributed by atoms with van der Waals surface area (Å²) in [4.78, 5) is 4.15. The molecule has 0 aliphatic rings. The zero-order valence-corrected chi connectivity index (χ0v) is 12.8. The molecule has 6 heteroatoms. The lowest BCUT2D eigenvalue weighted by Gasteiger charge is -2.12. The summed E-state index contributed by atoms with van der Waals surface area (Å²) in [6.07, 6.45) is 1.65.